The molecule has 9 nitrogen and oxygen atoms in total. The van der Waals surface area contributed by atoms with E-state index in [4.69, 9.17) is 10.8 Å². The largest absolute Gasteiger partial charge is 0.480 e. The van der Waals surface area contributed by atoms with E-state index in [1.165, 1.54) is 11.8 Å². The van der Waals surface area contributed by atoms with Gasteiger partial charge in [-0.2, -0.15) is 0 Å². The minimum absolute atomic E-state index is 0.232. The van der Waals surface area contributed by atoms with Gasteiger partial charge in [-0.25, -0.2) is 4.79 Å². The van der Waals surface area contributed by atoms with E-state index in [9.17, 15) is 19.2 Å². The molecule has 2 atom stereocenters. The van der Waals surface area contributed by atoms with Crippen LogP contribution >= 0.6 is 0 Å². The summed E-state index contributed by atoms with van der Waals surface area (Å²) >= 11 is 0. The Balaban J connectivity index is 2.43. The minimum atomic E-state index is -1.05. The molecule has 1 aliphatic heterocycles. The third-order valence-corrected chi connectivity index (χ3v) is 3.23. The third-order valence-electron chi connectivity index (χ3n) is 3.23. The number of rotatable bonds is 6. The molecular weight excluding hydrogens is 280 g/mol. The molecule has 1 aliphatic rings. The molecule has 1 saturated heterocycles. The lowest BCUT2D eigenvalue weighted by atomic mass is 10.2. The van der Waals surface area contributed by atoms with Crippen LogP contribution in [0.15, 0.2) is 0 Å². The molecule has 118 valence electrons. The lowest BCUT2D eigenvalue weighted by Crippen LogP contribution is -2.50. The zero-order valence-corrected chi connectivity index (χ0v) is 11.8. The molecule has 1 rings (SSSR count). The van der Waals surface area contributed by atoms with Crippen molar-refractivity contribution in [3.05, 3.63) is 0 Å². The second-order valence-corrected chi connectivity index (χ2v) is 4.79. The summed E-state index contributed by atoms with van der Waals surface area (Å²) in [7, 11) is 0. The van der Waals surface area contributed by atoms with Gasteiger partial charge in [0, 0.05) is 6.54 Å². The van der Waals surface area contributed by atoms with Crippen molar-refractivity contribution >= 4 is 23.7 Å². The van der Waals surface area contributed by atoms with E-state index in [-0.39, 0.29) is 13.1 Å². The first-order chi connectivity index (χ1) is 9.86. The normalized spacial score (nSPS) is 19.0. The van der Waals surface area contributed by atoms with E-state index in [1.807, 2.05) is 0 Å². The summed E-state index contributed by atoms with van der Waals surface area (Å²) in [5.74, 6) is -2.51. The predicted molar refractivity (Wildman–Crippen MR) is 72.0 cm³/mol. The molecule has 0 aromatic carbocycles. The van der Waals surface area contributed by atoms with E-state index in [2.05, 4.69) is 10.6 Å². The summed E-state index contributed by atoms with van der Waals surface area (Å²) in [6, 6.07) is -1.65. The number of nitrogens with zero attached hydrogens (tertiary/aromatic N) is 1. The number of nitrogens with two attached hydrogens (primary N) is 1. The van der Waals surface area contributed by atoms with Crippen LogP contribution in [-0.4, -0.2) is 65.4 Å². The number of amides is 3. The molecule has 5 N–H and O–H groups in total. The molecule has 0 aliphatic carbocycles. The topological polar surface area (TPSA) is 142 Å². The molecule has 1 fully saturated rings. The fraction of sp³-hybridized carbons (Fsp3) is 0.667. The van der Waals surface area contributed by atoms with Gasteiger partial charge >= 0.3 is 5.97 Å². The van der Waals surface area contributed by atoms with Crippen molar-refractivity contribution in [2.75, 3.05) is 19.6 Å². The second-order valence-electron chi connectivity index (χ2n) is 4.79. The summed E-state index contributed by atoms with van der Waals surface area (Å²) in [6.45, 7) is 1.30. The summed E-state index contributed by atoms with van der Waals surface area (Å²) in [4.78, 5) is 46.8. The molecule has 9 heteroatoms. The van der Waals surface area contributed by atoms with Gasteiger partial charge in [-0.1, -0.05) is 0 Å². The second kappa shape index (κ2) is 7.58. The fourth-order valence-corrected chi connectivity index (χ4v) is 2.11. The molecule has 2 unspecified atom stereocenters. The van der Waals surface area contributed by atoms with Crippen LogP contribution in [0.5, 0.6) is 0 Å². The van der Waals surface area contributed by atoms with Gasteiger partial charge in [-0.05, 0) is 19.8 Å². The maximum Gasteiger partial charge on any atom is 0.326 e. The van der Waals surface area contributed by atoms with Gasteiger partial charge in [0.25, 0.3) is 0 Å². The SMILES string of the molecule is CC(NC(=O)CN)C(=O)NCC(=O)N1CCCC1C(=O)O. The number of hydrogen-bond donors (Lipinski definition) is 4. The Morgan fingerprint density at radius 3 is 2.62 bits per heavy atom. The number of hydrogen-bond acceptors (Lipinski definition) is 5. The molecule has 21 heavy (non-hydrogen) atoms. The molecule has 1 heterocycles. The number of carboxylic acid groups (broad SMARTS) is 1. The van der Waals surface area contributed by atoms with Crippen LogP contribution in [0.25, 0.3) is 0 Å². The highest BCUT2D eigenvalue weighted by molar-refractivity contribution is 5.91. The Morgan fingerprint density at radius 1 is 1.38 bits per heavy atom. The van der Waals surface area contributed by atoms with Crippen LogP contribution in [0.2, 0.25) is 0 Å². The van der Waals surface area contributed by atoms with Crippen molar-refractivity contribution in [3.63, 3.8) is 0 Å². The average molecular weight is 300 g/mol. The van der Waals surface area contributed by atoms with Crippen LogP contribution in [0.3, 0.4) is 0 Å². The smallest absolute Gasteiger partial charge is 0.326 e. The third kappa shape index (κ3) is 4.71. The first kappa shape index (κ1) is 16.9. The van der Waals surface area contributed by atoms with Gasteiger partial charge in [0.1, 0.15) is 12.1 Å². The van der Waals surface area contributed by atoms with Gasteiger partial charge in [0.05, 0.1) is 13.1 Å². The Labute approximate surface area is 121 Å². The van der Waals surface area contributed by atoms with Crippen molar-refractivity contribution in [3.8, 4) is 0 Å². The molecule has 0 aromatic heterocycles. The van der Waals surface area contributed by atoms with Crippen LogP contribution in [-0.2, 0) is 19.2 Å². The zero-order valence-electron chi connectivity index (χ0n) is 11.8. The molecule has 0 saturated carbocycles. The van der Waals surface area contributed by atoms with E-state index in [0.29, 0.717) is 19.4 Å². The highest BCUT2D eigenvalue weighted by Crippen LogP contribution is 2.17. The number of likely N-dealkylation sites (tertiary alicyclic amines) is 1. The van der Waals surface area contributed by atoms with Crippen molar-refractivity contribution in [1.29, 1.82) is 0 Å². The monoisotopic (exact) mass is 300 g/mol. The van der Waals surface area contributed by atoms with Crippen molar-refractivity contribution < 1.29 is 24.3 Å². The number of carbonyl (C=O) groups excluding carboxylic acids is 3. The van der Waals surface area contributed by atoms with Crippen molar-refractivity contribution in [2.24, 2.45) is 5.73 Å². The van der Waals surface area contributed by atoms with Gasteiger partial charge < -0.3 is 26.4 Å². The van der Waals surface area contributed by atoms with Gasteiger partial charge in [-0.15, -0.1) is 0 Å². The summed E-state index contributed by atoms with van der Waals surface area (Å²) in [5.41, 5.74) is 5.11. The maximum atomic E-state index is 11.9. The van der Waals surface area contributed by atoms with Crippen LogP contribution in [0.1, 0.15) is 19.8 Å². The average Bonchev–Trinajstić information content (AvgIpc) is 2.93. The highest BCUT2D eigenvalue weighted by atomic mass is 16.4. The van der Waals surface area contributed by atoms with Crippen LogP contribution in [0.4, 0.5) is 0 Å². The van der Waals surface area contributed by atoms with Gasteiger partial charge in [-0.3, -0.25) is 14.4 Å². The number of carboxylic acids is 1. The molecule has 3 amide bonds. The van der Waals surface area contributed by atoms with Gasteiger partial charge in [0.2, 0.25) is 17.7 Å². The Kier molecular flexibility index (Phi) is 6.10. The highest BCUT2D eigenvalue weighted by Gasteiger charge is 2.33. The van der Waals surface area contributed by atoms with Crippen molar-refractivity contribution in [1.82, 2.24) is 15.5 Å². The maximum absolute atomic E-state index is 11.9. The Bertz CT molecular complexity index is 439. The Hall–Kier alpha value is -2.16. The lowest BCUT2D eigenvalue weighted by molar-refractivity contribution is -0.148. The summed E-state index contributed by atoms with van der Waals surface area (Å²) in [6.07, 6.45) is 1.04. The molecule has 0 spiro atoms. The van der Waals surface area contributed by atoms with E-state index < -0.39 is 35.8 Å². The van der Waals surface area contributed by atoms with E-state index >= 15 is 0 Å². The molecular formula is C12H20N4O5. The number of nitrogens with one attached hydrogen (secondary N) is 2. The first-order valence-corrected chi connectivity index (χ1v) is 6.66. The zero-order chi connectivity index (χ0) is 16.0. The first-order valence-electron chi connectivity index (χ1n) is 6.66. The van der Waals surface area contributed by atoms with Crippen LogP contribution in [0, 0.1) is 0 Å². The molecule has 0 bridgehead atoms. The Morgan fingerprint density at radius 2 is 2.05 bits per heavy atom. The quantitative estimate of drug-likeness (QED) is 0.432. The van der Waals surface area contributed by atoms with Crippen molar-refractivity contribution in [2.45, 2.75) is 31.8 Å². The lowest BCUT2D eigenvalue weighted by Gasteiger charge is -2.22. The summed E-state index contributed by atoms with van der Waals surface area (Å²) < 4.78 is 0. The molecule has 0 radical (unpaired) electrons. The van der Waals surface area contributed by atoms with Crippen LogP contribution < -0.4 is 16.4 Å². The molecule has 0 aromatic rings. The number of aliphatic carboxylic acids is 1. The summed E-state index contributed by atoms with van der Waals surface area (Å²) in [5, 5.41) is 13.7. The number of carbonyl (C=O) groups is 4. The standard InChI is InChI=1S/C12H20N4O5/c1-7(15-9(17)5-13)11(19)14-6-10(18)16-4-2-3-8(16)12(20)21/h7-8H,2-6,13H2,1H3,(H,14,19)(H,15,17)(H,20,21). The fourth-order valence-electron chi connectivity index (χ4n) is 2.11. The van der Waals surface area contributed by atoms with E-state index in [1.54, 1.807) is 0 Å². The predicted octanol–water partition coefficient (Wildman–Crippen LogP) is -2.36. The minimum Gasteiger partial charge on any atom is -0.480 e. The van der Waals surface area contributed by atoms with Gasteiger partial charge in [0.15, 0.2) is 0 Å². The van der Waals surface area contributed by atoms with E-state index in [0.717, 1.165) is 0 Å².